The standard InChI is InChI=1S/C26H33ClN4O3S/c1-19(2)26(18-28,22-8-5-4-7-20(22)3)11-6-12-30-13-15-31(16-14-30)25(32)21-9-10-23(27)24(17-21)35(29,33)34/h4-5,7-10,17,19H,6,11-16H2,1-3H3,(H2,29,33,34). The third-order valence-electron chi connectivity index (χ3n) is 7.00. The molecular formula is C26H33ClN4O3S. The van der Waals surface area contributed by atoms with Gasteiger partial charge in [-0.25, -0.2) is 13.6 Å². The van der Waals surface area contributed by atoms with E-state index in [1.165, 1.54) is 18.2 Å². The molecule has 1 atom stereocenters. The van der Waals surface area contributed by atoms with Crippen molar-refractivity contribution < 1.29 is 13.2 Å². The smallest absolute Gasteiger partial charge is 0.253 e. The van der Waals surface area contributed by atoms with Crippen LogP contribution in [0, 0.1) is 24.2 Å². The lowest BCUT2D eigenvalue weighted by atomic mass is 9.68. The van der Waals surface area contributed by atoms with E-state index < -0.39 is 15.4 Å². The number of carbonyl (C=O) groups excluding carboxylic acids is 1. The van der Waals surface area contributed by atoms with Crippen molar-refractivity contribution >= 4 is 27.5 Å². The molecular weight excluding hydrogens is 484 g/mol. The molecule has 2 aromatic carbocycles. The van der Waals surface area contributed by atoms with Gasteiger partial charge in [-0.2, -0.15) is 5.26 Å². The van der Waals surface area contributed by atoms with Crippen LogP contribution in [0.2, 0.25) is 5.02 Å². The van der Waals surface area contributed by atoms with Crippen LogP contribution >= 0.6 is 11.6 Å². The Kier molecular flexibility index (Phi) is 8.60. The van der Waals surface area contributed by atoms with E-state index in [1.807, 2.05) is 12.1 Å². The number of benzene rings is 2. The number of carbonyl (C=O) groups is 1. The fourth-order valence-corrected chi connectivity index (χ4v) is 5.92. The highest BCUT2D eigenvalue weighted by Crippen LogP contribution is 2.38. The summed E-state index contributed by atoms with van der Waals surface area (Å²) in [5.41, 5.74) is 1.97. The third-order valence-corrected chi connectivity index (χ3v) is 8.39. The number of sulfonamides is 1. The van der Waals surface area contributed by atoms with Gasteiger partial charge < -0.3 is 4.90 Å². The van der Waals surface area contributed by atoms with Crippen LogP contribution in [0.25, 0.3) is 0 Å². The van der Waals surface area contributed by atoms with E-state index in [0.29, 0.717) is 26.2 Å². The van der Waals surface area contributed by atoms with Gasteiger partial charge >= 0.3 is 0 Å². The van der Waals surface area contributed by atoms with Crippen LogP contribution in [0.5, 0.6) is 0 Å². The van der Waals surface area contributed by atoms with Crippen molar-refractivity contribution in [2.45, 2.75) is 43.9 Å². The van der Waals surface area contributed by atoms with E-state index >= 15 is 0 Å². The molecule has 3 rings (SSSR count). The van der Waals surface area contributed by atoms with Crippen LogP contribution in [-0.2, 0) is 15.4 Å². The number of aryl methyl sites for hydroxylation is 1. The molecule has 1 aliphatic rings. The summed E-state index contributed by atoms with van der Waals surface area (Å²) >= 11 is 5.94. The molecule has 1 saturated heterocycles. The number of primary sulfonamides is 1. The van der Waals surface area contributed by atoms with Crippen molar-refractivity contribution in [1.82, 2.24) is 9.80 Å². The lowest BCUT2D eigenvalue weighted by Gasteiger charge is -2.36. The van der Waals surface area contributed by atoms with Crippen molar-refractivity contribution in [3.63, 3.8) is 0 Å². The summed E-state index contributed by atoms with van der Waals surface area (Å²) in [4.78, 5) is 16.7. The number of nitrogens with two attached hydrogens (primary N) is 1. The highest BCUT2D eigenvalue weighted by atomic mass is 35.5. The summed E-state index contributed by atoms with van der Waals surface area (Å²) in [7, 11) is -4.02. The average molecular weight is 517 g/mol. The molecule has 2 N–H and O–H groups in total. The van der Waals surface area contributed by atoms with E-state index in [4.69, 9.17) is 16.7 Å². The molecule has 2 aromatic rings. The van der Waals surface area contributed by atoms with Crippen molar-refractivity contribution in [1.29, 1.82) is 5.26 Å². The van der Waals surface area contributed by atoms with Gasteiger partial charge in [0.1, 0.15) is 4.90 Å². The molecule has 1 fully saturated rings. The Balaban J connectivity index is 1.60. The van der Waals surface area contributed by atoms with Crippen LogP contribution in [0.15, 0.2) is 47.4 Å². The molecule has 9 heteroatoms. The molecule has 1 unspecified atom stereocenters. The summed E-state index contributed by atoms with van der Waals surface area (Å²) in [5.74, 6) is -0.0567. The number of piperazine rings is 1. The summed E-state index contributed by atoms with van der Waals surface area (Å²) in [6.07, 6.45) is 1.65. The first kappa shape index (κ1) is 27.2. The largest absolute Gasteiger partial charge is 0.336 e. The minimum Gasteiger partial charge on any atom is -0.336 e. The average Bonchev–Trinajstić information content (AvgIpc) is 2.82. The molecule has 0 spiro atoms. The van der Waals surface area contributed by atoms with E-state index in [1.54, 1.807) is 4.90 Å². The van der Waals surface area contributed by atoms with Gasteiger partial charge in [0.25, 0.3) is 5.91 Å². The monoisotopic (exact) mass is 516 g/mol. The zero-order valence-electron chi connectivity index (χ0n) is 20.5. The van der Waals surface area contributed by atoms with E-state index in [9.17, 15) is 18.5 Å². The number of amides is 1. The van der Waals surface area contributed by atoms with Crippen molar-refractivity contribution in [3.05, 3.63) is 64.2 Å². The normalized spacial score (nSPS) is 16.7. The van der Waals surface area contributed by atoms with Gasteiger partial charge in [-0.05, 0) is 61.6 Å². The zero-order valence-corrected chi connectivity index (χ0v) is 22.1. The first-order chi connectivity index (χ1) is 16.5. The maximum Gasteiger partial charge on any atom is 0.253 e. The number of rotatable bonds is 8. The van der Waals surface area contributed by atoms with Gasteiger partial charge in [0.15, 0.2) is 0 Å². The Morgan fingerprint density at radius 1 is 1.17 bits per heavy atom. The number of nitrogens with zero attached hydrogens (tertiary/aromatic N) is 3. The van der Waals surface area contributed by atoms with Crippen LogP contribution in [0.1, 0.15) is 48.2 Å². The highest BCUT2D eigenvalue weighted by Gasteiger charge is 2.36. The second-order valence-electron chi connectivity index (χ2n) is 9.48. The molecule has 1 aliphatic heterocycles. The van der Waals surface area contributed by atoms with Crippen LogP contribution in [-0.4, -0.2) is 56.8 Å². The lowest BCUT2D eigenvalue weighted by Crippen LogP contribution is -2.49. The zero-order chi connectivity index (χ0) is 25.8. The Morgan fingerprint density at radius 2 is 1.83 bits per heavy atom. The molecule has 0 saturated carbocycles. The molecule has 0 radical (unpaired) electrons. The first-order valence-corrected chi connectivity index (χ1v) is 13.7. The first-order valence-electron chi connectivity index (χ1n) is 11.8. The van der Waals surface area contributed by atoms with Gasteiger partial charge in [-0.15, -0.1) is 0 Å². The van der Waals surface area contributed by atoms with Crippen LogP contribution in [0.4, 0.5) is 0 Å². The van der Waals surface area contributed by atoms with Gasteiger partial charge in [0.2, 0.25) is 10.0 Å². The van der Waals surface area contributed by atoms with Crippen molar-refractivity contribution in [2.24, 2.45) is 11.1 Å². The SMILES string of the molecule is Cc1ccccc1C(C#N)(CCCN1CCN(C(=O)c2ccc(Cl)c(S(N)(=O)=O)c2)CC1)C(C)C. The fraction of sp³-hybridized carbons (Fsp3) is 0.462. The summed E-state index contributed by atoms with van der Waals surface area (Å²) in [6.45, 7) is 9.64. The molecule has 7 nitrogen and oxygen atoms in total. The Labute approximate surface area is 213 Å². The molecule has 1 heterocycles. The van der Waals surface area contributed by atoms with Crippen molar-refractivity contribution in [3.8, 4) is 6.07 Å². The van der Waals surface area contributed by atoms with Crippen LogP contribution < -0.4 is 5.14 Å². The lowest BCUT2D eigenvalue weighted by molar-refractivity contribution is 0.0633. The molecule has 0 aliphatic carbocycles. The van der Waals surface area contributed by atoms with Gasteiger partial charge in [-0.1, -0.05) is 49.7 Å². The number of nitriles is 1. The third kappa shape index (κ3) is 6.04. The Bertz CT molecular complexity index is 1220. The van der Waals surface area contributed by atoms with E-state index in [2.05, 4.69) is 43.9 Å². The molecule has 0 bridgehead atoms. The predicted molar refractivity (Wildman–Crippen MR) is 138 cm³/mol. The minimum atomic E-state index is -4.02. The predicted octanol–water partition coefficient (Wildman–Crippen LogP) is 3.95. The Morgan fingerprint density at radius 3 is 2.40 bits per heavy atom. The topological polar surface area (TPSA) is 108 Å². The van der Waals surface area contributed by atoms with E-state index in [0.717, 1.165) is 30.5 Å². The maximum absolute atomic E-state index is 12.9. The number of hydrogen-bond donors (Lipinski definition) is 1. The number of halogens is 1. The molecule has 1 amide bonds. The highest BCUT2D eigenvalue weighted by molar-refractivity contribution is 7.89. The van der Waals surface area contributed by atoms with Gasteiger partial charge in [-0.3, -0.25) is 9.69 Å². The molecule has 0 aromatic heterocycles. The maximum atomic E-state index is 12.9. The Hall–Kier alpha value is -2.44. The van der Waals surface area contributed by atoms with Crippen molar-refractivity contribution in [2.75, 3.05) is 32.7 Å². The minimum absolute atomic E-state index is 0.00518. The summed E-state index contributed by atoms with van der Waals surface area (Å²) in [6, 6.07) is 14.9. The quantitative estimate of drug-likeness (QED) is 0.571. The fourth-order valence-electron chi connectivity index (χ4n) is 4.85. The number of hydrogen-bond acceptors (Lipinski definition) is 5. The van der Waals surface area contributed by atoms with E-state index in [-0.39, 0.29) is 27.3 Å². The second kappa shape index (κ2) is 11.1. The summed E-state index contributed by atoms with van der Waals surface area (Å²) in [5, 5.41) is 15.4. The summed E-state index contributed by atoms with van der Waals surface area (Å²) < 4.78 is 23.5. The van der Waals surface area contributed by atoms with Crippen LogP contribution in [0.3, 0.4) is 0 Å². The second-order valence-corrected chi connectivity index (χ2v) is 11.4. The molecule has 35 heavy (non-hydrogen) atoms. The van der Waals surface area contributed by atoms with Gasteiger partial charge in [0, 0.05) is 31.7 Å². The van der Waals surface area contributed by atoms with Gasteiger partial charge in [0.05, 0.1) is 16.5 Å². The molecule has 188 valence electrons.